The largest absolute Gasteiger partial charge is 0.465 e. The van der Waals surface area contributed by atoms with Crippen molar-refractivity contribution in [2.45, 2.75) is 0 Å². The van der Waals surface area contributed by atoms with Crippen molar-refractivity contribution in [1.29, 1.82) is 0 Å². The standard InChI is InChI=1S/C14H10N2O2/c1-18-14(17)11-7-4-6-10-9-5-2-3-8-12(9)15-16-13(10)11/h2-8H,1H3. The third kappa shape index (κ3) is 1.50. The fraction of sp³-hybridized carbons (Fsp3) is 0.0714. The Morgan fingerprint density at radius 2 is 1.78 bits per heavy atom. The Kier molecular flexibility index (Phi) is 2.41. The summed E-state index contributed by atoms with van der Waals surface area (Å²) in [6.07, 6.45) is 0. The fourth-order valence-corrected chi connectivity index (χ4v) is 2.04. The van der Waals surface area contributed by atoms with Crippen LogP contribution in [0.3, 0.4) is 0 Å². The number of nitrogens with zero attached hydrogens (tertiary/aromatic N) is 2. The van der Waals surface area contributed by atoms with E-state index < -0.39 is 5.97 Å². The summed E-state index contributed by atoms with van der Waals surface area (Å²) in [5.74, 6) is -0.398. The zero-order chi connectivity index (χ0) is 12.5. The number of fused-ring (bicyclic) bond motifs is 3. The second kappa shape index (κ2) is 4.07. The Hall–Kier alpha value is -2.49. The van der Waals surface area contributed by atoms with Crippen molar-refractivity contribution in [1.82, 2.24) is 10.2 Å². The Morgan fingerprint density at radius 3 is 2.61 bits per heavy atom. The van der Waals surface area contributed by atoms with E-state index in [0.29, 0.717) is 11.1 Å². The monoisotopic (exact) mass is 238 g/mol. The fourth-order valence-electron chi connectivity index (χ4n) is 2.04. The van der Waals surface area contributed by atoms with Crippen molar-refractivity contribution in [2.75, 3.05) is 7.11 Å². The number of ether oxygens (including phenoxy) is 1. The van der Waals surface area contributed by atoms with E-state index >= 15 is 0 Å². The van der Waals surface area contributed by atoms with Gasteiger partial charge in [-0.15, -0.1) is 10.2 Å². The third-order valence-electron chi connectivity index (χ3n) is 2.89. The molecule has 4 nitrogen and oxygen atoms in total. The van der Waals surface area contributed by atoms with E-state index in [2.05, 4.69) is 10.2 Å². The predicted molar refractivity (Wildman–Crippen MR) is 68.4 cm³/mol. The summed E-state index contributed by atoms with van der Waals surface area (Å²) in [7, 11) is 1.36. The molecule has 0 aliphatic rings. The first-order valence-electron chi connectivity index (χ1n) is 5.54. The van der Waals surface area contributed by atoms with Crippen LogP contribution in [0.15, 0.2) is 42.5 Å². The molecule has 0 aliphatic carbocycles. The average Bonchev–Trinajstić information content (AvgIpc) is 2.45. The second-order valence-corrected chi connectivity index (χ2v) is 3.91. The Balaban J connectivity index is 2.43. The van der Waals surface area contributed by atoms with Crippen LogP contribution in [0.4, 0.5) is 0 Å². The molecule has 0 unspecified atom stereocenters. The highest BCUT2D eigenvalue weighted by atomic mass is 16.5. The van der Waals surface area contributed by atoms with E-state index in [1.807, 2.05) is 36.4 Å². The smallest absolute Gasteiger partial charge is 0.340 e. The van der Waals surface area contributed by atoms with Crippen molar-refractivity contribution in [3.05, 3.63) is 48.0 Å². The van der Waals surface area contributed by atoms with Gasteiger partial charge in [0.15, 0.2) is 0 Å². The first-order chi connectivity index (χ1) is 8.81. The van der Waals surface area contributed by atoms with Gasteiger partial charge in [0.25, 0.3) is 0 Å². The van der Waals surface area contributed by atoms with Crippen molar-refractivity contribution >= 4 is 27.8 Å². The van der Waals surface area contributed by atoms with Gasteiger partial charge >= 0.3 is 5.97 Å². The van der Waals surface area contributed by atoms with Crippen LogP contribution in [0.2, 0.25) is 0 Å². The van der Waals surface area contributed by atoms with Crippen LogP contribution in [0.25, 0.3) is 21.8 Å². The Labute approximate surface area is 103 Å². The highest BCUT2D eigenvalue weighted by Gasteiger charge is 2.13. The number of rotatable bonds is 1. The molecule has 0 atom stereocenters. The summed E-state index contributed by atoms with van der Waals surface area (Å²) in [5, 5.41) is 10.1. The topological polar surface area (TPSA) is 52.1 Å². The lowest BCUT2D eigenvalue weighted by molar-refractivity contribution is 0.0602. The van der Waals surface area contributed by atoms with Crippen molar-refractivity contribution < 1.29 is 9.53 Å². The van der Waals surface area contributed by atoms with E-state index in [9.17, 15) is 4.79 Å². The molecule has 0 amide bonds. The van der Waals surface area contributed by atoms with Gasteiger partial charge in [-0.25, -0.2) is 4.79 Å². The molecule has 0 fully saturated rings. The van der Waals surface area contributed by atoms with Gasteiger partial charge in [-0.1, -0.05) is 30.3 Å². The van der Waals surface area contributed by atoms with E-state index in [0.717, 1.165) is 16.3 Å². The third-order valence-corrected chi connectivity index (χ3v) is 2.89. The van der Waals surface area contributed by atoms with Crippen LogP contribution in [-0.2, 0) is 4.74 Å². The van der Waals surface area contributed by atoms with Crippen LogP contribution in [0.5, 0.6) is 0 Å². The molecule has 1 heterocycles. The Morgan fingerprint density at radius 1 is 1.00 bits per heavy atom. The lowest BCUT2D eigenvalue weighted by Crippen LogP contribution is -2.03. The minimum absolute atomic E-state index is 0.398. The Bertz CT molecular complexity index is 753. The maximum atomic E-state index is 11.7. The van der Waals surface area contributed by atoms with Gasteiger partial charge in [0.1, 0.15) is 5.52 Å². The molecule has 2 aromatic carbocycles. The molecule has 0 N–H and O–H groups in total. The van der Waals surface area contributed by atoms with Crippen molar-refractivity contribution in [2.24, 2.45) is 0 Å². The minimum Gasteiger partial charge on any atom is -0.465 e. The summed E-state index contributed by atoms with van der Waals surface area (Å²) in [4.78, 5) is 11.7. The van der Waals surface area contributed by atoms with Crippen molar-refractivity contribution in [3.63, 3.8) is 0 Å². The molecule has 18 heavy (non-hydrogen) atoms. The maximum Gasteiger partial charge on any atom is 0.340 e. The quantitative estimate of drug-likeness (QED) is 0.483. The molecule has 0 bridgehead atoms. The normalized spacial score (nSPS) is 10.7. The summed E-state index contributed by atoms with van der Waals surface area (Å²) in [6, 6.07) is 13.2. The van der Waals surface area contributed by atoms with Gasteiger partial charge in [-0.3, -0.25) is 0 Å². The molecule has 88 valence electrons. The predicted octanol–water partition coefficient (Wildman–Crippen LogP) is 2.57. The number of methoxy groups -OCH3 is 1. The van der Waals surface area contributed by atoms with Gasteiger partial charge < -0.3 is 4.74 Å². The zero-order valence-corrected chi connectivity index (χ0v) is 9.75. The molecular weight excluding hydrogens is 228 g/mol. The summed E-state index contributed by atoms with van der Waals surface area (Å²) < 4.78 is 4.75. The molecule has 3 aromatic rings. The van der Waals surface area contributed by atoms with Crippen LogP contribution in [0.1, 0.15) is 10.4 Å². The van der Waals surface area contributed by atoms with E-state index in [4.69, 9.17) is 4.74 Å². The van der Waals surface area contributed by atoms with Crippen LogP contribution in [0, 0.1) is 0 Å². The molecule has 3 rings (SSSR count). The number of benzene rings is 2. The SMILES string of the molecule is COC(=O)c1cccc2c1nnc1ccccc12. The number of carbonyl (C=O) groups is 1. The van der Waals surface area contributed by atoms with Crippen LogP contribution in [-0.4, -0.2) is 23.3 Å². The lowest BCUT2D eigenvalue weighted by atomic mass is 10.1. The summed E-state index contributed by atoms with van der Waals surface area (Å²) >= 11 is 0. The lowest BCUT2D eigenvalue weighted by Gasteiger charge is -2.05. The van der Waals surface area contributed by atoms with E-state index in [1.54, 1.807) is 6.07 Å². The molecule has 0 saturated heterocycles. The molecule has 0 radical (unpaired) electrons. The number of aromatic nitrogens is 2. The zero-order valence-electron chi connectivity index (χ0n) is 9.75. The molecule has 0 saturated carbocycles. The molecule has 0 aliphatic heterocycles. The van der Waals surface area contributed by atoms with Gasteiger partial charge in [-0.05, 0) is 12.1 Å². The molecule has 1 aromatic heterocycles. The maximum absolute atomic E-state index is 11.7. The number of hydrogen-bond donors (Lipinski definition) is 0. The highest BCUT2D eigenvalue weighted by molar-refractivity contribution is 6.10. The second-order valence-electron chi connectivity index (χ2n) is 3.91. The minimum atomic E-state index is -0.398. The number of esters is 1. The van der Waals surface area contributed by atoms with Gasteiger partial charge in [0.05, 0.1) is 18.2 Å². The number of carbonyl (C=O) groups excluding carboxylic acids is 1. The summed E-state index contributed by atoms with van der Waals surface area (Å²) in [6.45, 7) is 0. The van der Waals surface area contributed by atoms with Crippen molar-refractivity contribution in [3.8, 4) is 0 Å². The molecule has 4 heteroatoms. The van der Waals surface area contributed by atoms with E-state index in [-0.39, 0.29) is 0 Å². The van der Waals surface area contributed by atoms with Crippen LogP contribution >= 0.6 is 0 Å². The van der Waals surface area contributed by atoms with Crippen LogP contribution < -0.4 is 0 Å². The number of hydrogen-bond acceptors (Lipinski definition) is 4. The first-order valence-corrected chi connectivity index (χ1v) is 5.54. The van der Waals surface area contributed by atoms with Gasteiger partial charge in [0, 0.05) is 10.8 Å². The highest BCUT2D eigenvalue weighted by Crippen LogP contribution is 2.24. The average molecular weight is 238 g/mol. The molecule has 0 spiro atoms. The summed E-state index contributed by atoms with van der Waals surface area (Å²) in [5.41, 5.74) is 1.82. The first kappa shape index (κ1) is 10.7. The van der Waals surface area contributed by atoms with Gasteiger partial charge in [-0.2, -0.15) is 0 Å². The van der Waals surface area contributed by atoms with E-state index in [1.165, 1.54) is 7.11 Å². The molecular formula is C14H10N2O2. The van der Waals surface area contributed by atoms with Gasteiger partial charge in [0.2, 0.25) is 0 Å².